The summed E-state index contributed by atoms with van der Waals surface area (Å²) in [7, 11) is -3.82. The van der Waals surface area contributed by atoms with Gasteiger partial charge >= 0.3 is 0 Å². The van der Waals surface area contributed by atoms with Gasteiger partial charge in [-0.25, -0.2) is 21.9 Å². The van der Waals surface area contributed by atoms with Crippen LogP contribution in [-0.4, -0.2) is 8.42 Å². The zero-order valence-corrected chi connectivity index (χ0v) is 12.0. The third kappa shape index (κ3) is 3.56. The number of nitrogens with two attached hydrogens (primary N) is 1. The van der Waals surface area contributed by atoms with Crippen molar-refractivity contribution in [1.29, 1.82) is 0 Å². The molecule has 0 radical (unpaired) electrons. The van der Waals surface area contributed by atoms with Gasteiger partial charge in [-0.15, -0.1) is 0 Å². The van der Waals surface area contributed by atoms with E-state index in [9.17, 15) is 17.2 Å². The molecule has 4 nitrogen and oxygen atoms in total. The van der Waals surface area contributed by atoms with Crippen LogP contribution in [0.1, 0.15) is 11.1 Å². The molecule has 0 aliphatic carbocycles. The number of rotatable bonds is 4. The first-order valence-corrected chi connectivity index (χ1v) is 7.57. The smallest absolute Gasteiger partial charge is 0.242 e. The quantitative estimate of drug-likeness (QED) is 0.851. The lowest BCUT2D eigenvalue weighted by molar-refractivity contribution is 0.506. The fourth-order valence-corrected chi connectivity index (χ4v) is 2.95. The van der Waals surface area contributed by atoms with Gasteiger partial charge in [0.1, 0.15) is 4.90 Å². The third-order valence-corrected chi connectivity index (χ3v) is 4.38. The van der Waals surface area contributed by atoms with Gasteiger partial charge in [-0.3, -0.25) is 0 Å². The zero-order valence-electron chi connectivity index (χ0n) is 11.2. The highest BCUT2D eigenvalue weighted by Gasteiger charge is 2.17. The Bertz CT molecular complexity index is 777. The predicted molar refractivity (Wildman–Crippen MR) is 76.0 cm³/mol. The maximum atomic E-state index is 13.1. The number of benzene rings is 2. The second kappa shape index (κ2) is 5.79. The lowest BCUT2D eigenvalue weighted by Gasteiger charge is -2.10. The van der Waals surface area contributed by atoms with Gasteiger partial charge in [0.05, 0.1) is 5.69 Å². The van der Waals surface area contributed by atoms with Crippen LogP contribution >= 0.6 is 0 Å². The van der Waals surface area contributed by atoms with Crippen LogP contribution in [0.25, 0.3) is 0 Å². The van der Waals surface area contributed by atoms with Gasteiger partial charge in [-0.2, -0.15) is 0 Å². The Kier molecular flexibility index (Phi) is 4.24. The van der Waals surface area contributed by atoms with Crippen LogP contribution in [0, 0.1) is 18.6 Å². The van der Waals surface area contributed by atoms with E-state index in [0.29, 0.717) is 5.56 Å². The second-order valence-electron chi connectivity index (χ2n) is 4.61. The van der Waals surface area contributed by atoms with Gasteiger partial charge in [0.15, 0.2) is 11.6 Å². The molecule has 2 aromatic rings. The molecular weight excluding hydrogens is 298 g/mol. The fourth-order valence-electron chi connectivity index (χ4n) is 1.82. The van der Waals surface area contributed by atoms with Crippen molar-refractivity contribution in [2.24, 2.45) is 0 Å². The van der Waals surface area contributed by atoms with Crippen molar-refractivity contribution >= 4 is 15.7 Å². The summed E-state index contributed by atoms with van der Waals surface area (Å²) in [6, 6.07) is 7.77. The van der Waals surface area contributed by atoms with E-state index < -0.39 is 21.7 Å². The molecule has 112 valence electrons. The molecular formula is C14H14F2N2O2S. The van der Waals surface area contributed by atoms with Gasteiger partial charge in [-0.1, -0.05) is 12.1 Å². The van der Waals surface area contributed by atoms with Gasteiger partial charge in [0.25, 0.3) is 0 Å². The first-order chi connectivity index (χ1) is 9.79. The van der Waals surface area contributed by atoms with Crippen LogP contribution < -0.4 is 10.5 Å². The molecule has 0 heterocycles. The van der Waals surface area contributed by atoms with Crippen molar-refractivity contribution in [3.8, 4) is 0 Å². The second-order valence-corrected chi connectivity index (χ2v) is 6.35. The van der Waals surface area contributed by atoms with E-state index >= 15 is 0 Å². The molecule has 2 aromatic carbocycles. The van der Waals surface area contributed by atoms with Crippen molar-refractivity contribution in [3.63, 3.8) is 0 Å². The first kappa shape index (κ1) is 15.4. The van der Waals surface area contributed by atoms with Crippen molar-refractivity contribution in [1.82, 2.24) is 4.72 Å². The normalized spacial score (nSPS) is 11.6. The molecule has 0 aliphatic heterocycles. The lowest BCUT2D eigenvalue weighted by Crippen LogP contribution is -2.24. The molecule has 0 spiro atoms. The average Bonchev–Trinajstić information content (AvgIpc) is 2.40. The number of sulfonamides is 1. The average molecular weight is 312 g/mol. The number of nitrogens with one attached hydrogen (secondary N) is 1. The SMILES string of the molecule is Cc1ccc(S(=O)(=O)NCc2ccc(F)c(F)c2)c(N)c1. The Morgan fingerprint density at radius 1 is 1.10 bits per heavy atom. The molecule has 0 unspecified atom stereocenters. The summed E-state index contributed by atoms with van der Waals surface area (Å²) in [4.78, 5) is -0.0457. The van der Waals surface area contributed by atoms with E-state index in [-0.39, 0.29) is 17.1 Å². The first-order valence-electron chi connectivity index (χ1n) is 6.09. The largest absolute Gasteiger partial charge is 0.398 e. The van der Waals surface area contributed by atoms with Crippen LogP contribution in [0.4, 0.5) is 14.5 Å². The number of nitrogen functional groups attached to an aromatic ring is 1. The topological polar surface area (TPSA) is 72.2 Å². The van der Waals surface area contributed by atoms with Crippen LogP contribution in [0.5, 0.6) is 0 Å². The lowest BCUT2D eigenvalue weighted by atomic mass is 10.2. The molecule has 0 amide bonds. The molecule has 0 atom stereocenters. The van der Waals surface area contributed by atoms with Crippen LogP contribution in [0.3, 0.4) is 0 Å². The number of hydrogen-bond acceptors (Lipinski definition) is 3. The summed E-state index contributed by atoms with van der Waals surface area (Å²) < 4.78 is 52.4. The number of aryl methyl sites for hydroxylation is 1. The van der Waals surface area contributed by atoms with Crippen LogP contribution in [0.15, 0.2) is 41.3 Å². The van der Waals surface area contributed by atoms with Crippen molar-refractivity contribution in [2.75, 3.05) is 5.73 Å². The standard InChI is InChI=1S/C14H14F2N2O2S/c1-9-2-5-14(13(17)6-9)21(19,20)18-8-10-3-4-11(15)12(16)7-10/h2-7,18H,8,17H2,1H3. The Labute approximate surface area is 121 Å². The molecule has 3 N–H and O–H groups in total. The van der Waals surface area contributed by atoms with E-state index in [1.807, 2.05) is 0 Å². The third-order valence-electron chi connectivity index (χ3n) is 2.91. The highest BCUT2D eigenvalue weighted by Crippen LogP contribution is 2.19. The van der Waals surface area contributed by atoms with Crippen molar-refractivity contribution < 1.29 is 17.2 Å². The summed E-state index contributed by atoms with van der Waals surface area (Å²) in [6.07, 6.45) is 0. The zero-order chi connectivity index (χ0) is 15.6. The summed E-state index contributed by atoms with van der Waals surface area (Å²) in [5.74, 6) is -2.01. The van der Waals surface area contributed by atoms with E-state index in [1.165, 1.54) is 12.1 Å². The Hall–Kier alpha value is -1.99. The molecule has 0 bridgehead atoms. The summed E-state index contributed by atoms with van der Waals surface area (Å²) in [5.41, 5.74) is 6.97. The van der Waals surface area contributed by atoms with E-state index in [4.69, 9.17) is 5.73 Å². The number of halogens is 2. The van der Waals surface area contributed by atoms with Gasteiger partial charge in [0, 0.05) is 6.54 Å². The highest BCUT2D eigenvalue weighted by atomic mass is 32.2. The van der Waals surface area contributed by atoms with Crippen LogP contribution in [-0.2, 0) is 16.6 Å². The van der Waals surface area contributed by atoms with E-state index in [2.05, 4.69) is 4.72 Å². The maximum Gasteiger partial charge on any atom is 0.242 e. The molecule has 0 aliphatic rings. The minimum atomic E-state index is -3.82. The highest BCUT2D eigenvalue weighted by molar-refractivity contribution is 7.89. The van der Waals surface area contributed by atoms with Gasteiger partial charge < -0.3 is 5.73 Å². The molecule has 0 saturated carbocycles. The molecule has 0 saturated heterocycles. The number of anilines is 1. The predicted octanol–water partition coefficient (Wildman–Crippen LogP) is 2.33. The Morgan fingerprint density at radius 2 is 1.81 bits per heavy atom. The molecule has 21 heavy (non-hydrogen) atoms. The van der Waals surface area contributed by atoms with Gasteiger partial charge in [-0.05, 0) is 42.3 Å². The maximum absolute atomic E-state index is 13.1. The minimum absolute atomic E-state index is 0.0457. The van der Waals surface area contributed by atoms with Gasteiger partial charge in [0.2, 0.25) is 10.0 Å². The minimum Gasteiger partial charge on any atom is -0.398 e. The number of hydrogen-bond donors (Lipinski definition) is 2. The summed E-state index contributed by atoms with van der Waals surface area (Å²) in [6.45, 7) is 1.63. The summed E-state index contributed by atoms with van der Waals surface area (Å²) in [5, 5.41) is 0. The van der Waals surface area contributed by atoms with E-state index in [1.54, 1.807) is 19.1 Å². The Morgan fingerprint density at radius 3 is 2.43 bits per heavy atom. The fraction of sp³-hybridized carbons (Fsp3) is 0.143. The van der Waals surface area contributed by atoms with Crippen molar-refractivity contribution in [3.05, 3.63) is 59.2 Å². The van der Waals surface area contributed by atoms with Crippen molar-refractivity contribution in [2.45, 2.75) is 18.4 Å². The van der Waals surface area contributed by atoms with E-state index in [0.717, 1.165) is 17.7 Å². The molecule has 0 fully saturated rings. The molecule has 0 aromatic heterocycles. The summed E-state index contributed by atoms with van der Waals surface area (Å²) >= 11 is 0. The molecule has 2 rings (SSSR count). The Balaban J connectivity index is 2.19. The van der Waals surface area contributed by atoms with Crippen LogP contribution in [0.2, 0.25) is 0 Å². The monoisotopic (exact) mass is 312 g/mol. The molecule has 7 heteroatoms.